The van der Waals surface area contributed by atoms with Gasteiger partial charge in [0, 0.05) is 45.8 Å². The van der Waals surface area contributed by atoms with Gasteiger partial charge in [-0.25, -0.2) is 0 Å². The fourth-order valence-electron chi connectivity index (χ4n) is 3.92. The van der Waals surface area contributed by atoms with Crippen LogP contribution < -0.4 is 0 Å². The summed E-state index contributed by atoms with van der Waals surface area (Å²) in [6.07, 6.45) is 0.794. The van der Waals surface area contributed by atoms with E-state index in [1.807, 2.05) is 6.07 Å². The van der Waals surface area contributed by atoms with Gasteiger partial charge in [0.1, 0.15) is 5.92 Å². The molecule has 0 N–H and O–H groups in total. The average Bonchev–Trinajstić information content (AvgIpc) is 3.06. The third-order valence-electron chi connectivity index (χ3n) is 5.95. The van der Waals surface area contributed by atoms with Gasteiger partial charge in [-0.05, 0) is 30.0 Å². The zero-order chi connectivity index (χ0) is 23.3. The lowest BCUT2D eigenvalue weighted by atomic mass is 10.0. The highest BCUT2D eigenvalue weighted by Gasteiger charge is 2.44. The van der Waals surface area contributed by atoms with E-state index in [2.05, 4.69) is 18.7 Å². The second kappa shape index (κ2) is 11.5. The number of morpholine rings is 1. The van der Waals surface area contributed by atoms with Gasteiger partial charge in [0.2, 0.25) is 11.7 Å². The molecule has 2 fully saturated rings. The summed E-state index contributed by atoms with van der Waals surface area (Å²) in [7, 11) is 0. The number of benzene rings is 1. The Morgan fingerprint density at radius 1 is 1.16 bits per heavy atom. The predicted molar refractivity (Wildman–Crippen MR) is 124 cm³/mol. The third kappa shape index (κ3) is 6.44. The van der Waals surface area contributed by atoms with Crippen LogP contribution in [0, 0.1) is 11.8 Å². The number of hydrogen-bond donors (Lipinski definition) is 0. The molecular weight excluding hydrogens is 453 g/mol. The van der Waals surface area contributed by atoms with E-state index in [0.29, 0.717) is 55.4 Å². The van der Waals surface area contributed by atoms with Crippen LogP contribution in [-0.2, 0) is 25.7 Å². The van der Waals surface area contributed by atoms with E-state index in [1.54, 1.807) is 17.0 Å². The number of likely N-dealkylation sites (tertiary alicyclic amines) is 1. The van der Waals surface area contributed by atoms with Crippen LogP contribution >= 0.6 is 23.2 Å². The van der Waals surface area contributed by atoms with Crippen molar-refractivity contribution in [2.75, 3.05) is 52.5 Å². The summed E-state index contributed by atoms with van der Waals surface area (Å²) in [4.78, 5) is 44.0. The minimum absolute atomic E-state index is 0.139. The molecule has 0 radical (unpaired) electrons. The summed E-state index contributed by atoms with van der Waals surface area (Å²) in [6, 6.07) is 5.25. The SMILES string of the molecule is CC(C)CCN(Cc1ccc(Cl)c(Cl)c1)C(=O)C1CN(CCN2CCOCC2)C(=O)C1=O. The Morgan fingerprint density at radius 2 is 1.88 bits per heavy atom. The first kappa shape index (κ1) is 25.0. The minimum Gasteiger partial charge on any atom is -0.379 e. The summed E-state index contributed by atoms with van der Waals surface area (Å²) in [6.45, 7) is 9.20. The zero-order valence-corrected chi connectivity index (χ0v) is 20.2. The summed E-state index contributed by atoms with van der Waals surface area (Å²) >= 11 is 12.2. The molecule has 1 aromatic carbocycles. The van der Waals surface area contributed by atoms with Crippen molar-refractivity contribution in [3.05, 3.63) is 33.8 Å². The molecule has 0 saturated carbocycles. The molecule has 0 aliphatic carbocycles. The number of carbonyl (C=O) groups excluding carboxylic acids is 3. The topological polar surface area (TPSA) is 70.2 Å². The van der Waals surface area contributed by atoms with Gasteiger partial charge < -0.3 is 14.5 Å². The summed E-state index contributed by atoms with van der Waals surface area (Å²) < 4.78 is 5.34. The highest BCUT2D eigenvalue weighted by Crippen LogP contribution is 2.25. The van der Waals surface area contributed by atoms with Crippen molar-refractivity contribution in [3.63, 3.8) is 0 Å². The number of nitrogens with zero attached hydrogens (tertiary/aromatic N) is 3. The number of carbonyl (C=O) groups is 3. The molecule has 2 aliphatic rings. The molecule has 9 heteroatoms. The van der Waals surface area contributed by atoms with Crippen molar-refractivity contribution < 1.29 is 19.1 Å². The average molecular weight is 484 g/mol. The van der Waals surface area contributed by atoms with Gasteiger partial charge in [-0.1, -0.05) is 43.1 Å². The van der Waals surface area contributed by atoms with Crippen molar-refractivity contribution >= 4 is 40.8 Å². The summed E-state index contributed by atoms with van der Waals surface area (Å²) in [5.74, 6) is -2.04. The van der Waals surface area contributed by atoms with Gasteiger partial charge in [0.15, 0.2) is 0 Å². The summed E-state index contributed by atoms with van der Waals surface area (Å²) in [5.41, 5.74) is 0.831. The molecule has 3 rings (SSSR count). The quantitative estimate of drug-likeness (QED) is 0.398. The molecule has 1 unspecified atom stereocenters. The Kier molecular flexibility index (Phi) is 8.94. The minimum atomic E-state index is -0.956. The number of ether oxygens (including phenoxy) is 1. The second-order valence-electron chi connectivity index (χ2n) is 8.81. The standard InChI is InChI=1S/C23H31Cl2N3O4/c1-16(2)5-6-27(14-17-3-4-19(24)20(25)13-17)22(30)18-15-28(23(31)21(18)29)8-7-26-9-11-32-12-10-26/h3-4,13,16,18H,5-12,14-15H2,1-2H3. The summed E-state index contributed by atoms with van der Waals surface area (Å²) in [5, 5.41) is 0.866. The molecule has 1 aromatic rings. The maximum atomic E-state index is 13.4. The fraction of sp³-hybridized carbons (Fsp3) is 0.609. The molecule has 0 bridgehead atoms. The Labute approximate surface area is 199 Å². The Balaban J connectivity index is 1.67. The van der Waals surface area contributed by atoms with E-state index in [-0.39, 0.29) is 12.5 Å². The number of Topliss-reactive ketones (excluding diaryl/α,β-unsaturated/α-hetero) is 1. The first-order chi connectivity index (χ1) is 15.3. The normalized spacial score (nSPS) is 19.8. The van der Waals surface area contributed by atoms with Crippen molar-refractivity contribution in [2.24, 2.45) is 11.8 Å². The van der Waals surface area contributed by atoms with Gasteiger partial charge in [-0.3, -0.25) is 19.3 Å². The lowest BCUT2D eigenvalue weighted by Crippen LogP contribution is -2.42. The maximum absolute atomic E-state index is 13.4. The van der Waals surface area contributed by atoms with Crippen LogP contribution in [0.3, 0.4) is 0 Å². The molecule has 176 valence electrons. The van der Waals surface area contributed by atoms with E-state index in [4.69, 9.17) is 27.9 Å². The molecule has 2 amide bonds. The van der Waals surface area contributed by atoms with E-state index in [1.165, 1.54) is 4.90 Å². The lowest BCUT2D eigenvalue weighted by Gasteiger charge is -2.28. The maximum Gasteiger partial charge on any atom is 0.290 e. The number of ketones is 1. The van der Waals surface area contributed by atoms with Crippen molar-refractivity contribution in [3.8, 4) is 0 Å². The van der Waals surface area contributed by atoms with Crippen LogP contribution in [0.4, 0.5) is 0 Å². The second-order valence-corrected chi connectivity index (χ2v) is 9.63. The van der Waals surface area contributed by atoms with E-state index >= 15 is 0 Å². The molecule has 2 saturated heterocycles. The van der Waals surface area contributed by atoms with Crippen LogP contribution in [0.1, 0.15) is 25.8 Å². The molecular formula is C23H31Cl2N3O4. The Hall–Kier alpha value is -1.67. The number of amides is 2. The van der Waals surface area contributed by atoms with E-state index in [9.17, 15) is 14.4 Å². The van der Waals surface area contributed by atoms with Gasteiger partial charge in [0.25, 0.3) is 5.91 Å². The number of hydrogen-bond acceptors (Lipinski definition) is 5. The molecule has 2 aliphatic heterocycles. The monoisotopic (exact) mass is 483 g/mol. The Bertz CT molecular complexity index is 843. The van der Waals surface area contributed by atoms with Crippen molar-refractivity contribution in [2.45, 2.75) is 26.8 Å². The first-order valence-corrected chi connectivity index (χ1v) is 11.9. The van der Waals surface area contributed by atoms with Crippen LogP contribution in [-0.4, -0.2) is 84.8 Å². The van der Waals surface area contributed by atoms with Gasteiger partial charge in [-0.15, -0.1) is 0 Å². The smallest absolute Gasteiger partial charge is 0.290 e. The van der Waals surface area contributed by atoms with Crippen LogP contribution in [0.15, 0.2) is 18.2 Å². The van der Waals surface area contributed by atoms with E-state index in [0.717, 1.165) is 25.1 Å². The van der Waals surface area contributed by atoms with Crippen LogP contribution in [0.5, 0.6) is 0 Å². The van der Waals surface area contributed by atoms with Crippen LogP contribution in [0.2, 0.25) is 10.0 Å². The molecule has 32 heavy (non-hydrogen) atoms. The van der Waals surface area contributed by atoms with Gasteiger partial charge >= 0.3 is 0 Å². The molecule has 2 heterocycles. The fourth-order valence-corrected chi connectivity index (χ4v) is 4.24. The van der Waals surface area contributed by atoms with E-state index < -0.39 is 17.6 Å². The zero-order valence-electron chi connectivity index (χ0n) is 18.7. The van der Waals surface area contributed by atoms with Gasteiger partial charge in [-0.2, -0.15) is 0 Å². The molecule has 1 atom stereocenters. The number of rotatable bonds is 9. The predicted octanol–water partition coefficient (Wildman–Crippen LogP) is 2.73. The largest absolute Gasteiger partial charge is 0.379 e. The molecule has 0 spiro atoms. The third-order valence-corrected chi connectivity index (χ3v) is 6.69. The highest BCUT2D eigenvalue weighted by atomic mass is 35.5. The van der Waals surface area contributed by atoms with Crippen LogP contribution in [0.25, 0.3) is 0 Å². The first-order valence-electron chi connectivity index (χ1n) is 11.1. The van der Waals surface area contributed by atoms with Crippen molar-refractivity contribution in [1.29, 1.82) is 0 Å². The Morgan fingerprint density at radius 3 is 2.53 bits per heavy atom. The van der Waals surface area contributed by atoms with Crippen molar-refractivity contribution in [1.82, 2.24) is 14.7 Å². The number of halogens is 2. The highest BCUT2D eigenvalue weighted by molar-refractivity contribution is 6.42. The van der Waals surface area contributed by atoms with Gasteiger partial charge in [0.05, 0.1) is 23.3 Å². The molecule has 7 nitrogen and oxygen atoms in total. The molecule has 0 aromatic heterocycles. The lowest BCUT2D eigenvalue weighted by molar-refractivity contribution is -0.145.